The van der Waals surface area contributed by atoms with E-state index in [1.807, 2.05) is 41.8 Å². The van der Waals surface area contributed by atoms with Gasteiger partial charge in [-0.15, -0.1) is 11.3 Å². The van der Waals surface area contributed by atoms with Crippen molar-refractivity contribution in [2.75, 3.05) is 12.5 Å². The highest BCUT2D eigenvalue weighted by atomic mass is 32.1. The van der Waals surface area contributed by atoms with Gasteiger partial charge < -0.3 is 9.30 Å². The molecule has 1 N–H and O–H groups in total. The van der Waals surface area contributed by atoms with E-state index in [9.17, 15) is 0 Å². The molecule has 0 atom stereocenters. The summed E-state index contributed by atoms with van der Waals surface area (Å²) in [6, 6.07) is 18.1. The van der Waals surface area contributed by atoms with Gasteiger partial charge in [0.15, 0.2) is 0 Å². The van der Waals surface area contributed by atoms with Crippen LogP contribution in [0.25, 0.3) is 22.2 Å². The Hall–Kier alpha value is -3.63. The molecule has 2 heterocycles. The summed E-state index contributed by atoms with van der Waals surface area (Å²) in [6.07, 6.45) is 4.29. The van der Waals surface area contributed by atoms with Crippen molar-refractivity contribution in [3.8, 4) is 23.1 Å². The Labute approximate surface area is 172 Å². The van der Waals surface area contributed by atoms with Gasteiger partial charge in [0.2, 0.25) is 5.13 Å². The summed E-state index contributed by atoms with van der Waals surface area (Å²) in [5.74, 6) is 0.814. The number of fused-ring (bicyclic) bond motifs is 1. The molecule has 7 heteroatoms. The number of ether oxygens (including phenoxy) is 1. The van der Waals surface area contributed by atoms with Crippen LogP contribution in [-0.2, 0) is 6.54 Å². The molecule has 4 rings (SSSR count). The quantitative estimate of drug-likeness (QED) is 0.344. The molecule has 0 amide bonds. The second-order valence-electron chi connectivity index (χ2n) is 6.34. The van der Waals surface area contributed by atoms with Crippen molar-refractivity contribution < 1.29 is 4.74 Å². The van der Waals surface area contributed by atoms with Crippen molar-refractivity contribution in [3.05, 3.63) is 65.7 Å². The molecule has 0 unspecified atom stereocenters. The smallest absolute Gasteiger partial charge is 0.203 e. The Morgan fingerprint density at radius 3 is 2.86 bits per heavy atom. The standard InChI is InChI=1S/C22H19N5OS/c1-28-17-9-7-16(8-10-17)13-24-26-22-25-20(15-29-22)19-14-27(12-4-11-23)21-6-3-2-5-18(19)21/h2-3,5-10,13-15H,4,12H2,1H3,(H,25,26)/b24-13-. The van der Waals surface area contributed by atoms with Gasteiger partial charge in [0.25, 0.3) is 0 Å². The molecular formula is C22H19N5OS. The number of hydrazone groups is 1. The maximum atomic E-state index is 8.92. The maximum absolute atomic E-state index is 8.92. The highest BCUT2D eigenvalue weighted by molar-refractivity contribution is 7.14. The highest BCUT2D eigenvalue weighted by Crippen LogP contribution is 2.32. The summed E-state index contributed by atoms with van der Waals surface area (Å²) in [7, 11) is 1.64. The first-order valence-corrected chi connectivity index (χ1v) is 10.0. The van der Waals surface area contributed by atoms with E-state index in [0.717, 1.165) is 38.6 Å². The molecule has 0 aliphatic carbocycles. The molecule has 144 valence electrons. The zero-order valence-electron chi connectivity index (χ0n) is 15.9. The predicted octanol–water partition coefficient (Wildman–Crippen LogP) is 5.13. The van der Waals surface area contributed by atoms with Crippen LogP contribution in [0.2, 0.25) is 0 Å². The Morgan fingerprint density at radius 2 is 2.07 bits per heavy atom. The number of methoxy groups -OCH3 is 1. The van der Waals surface area contributed by atoms with Gasteiger partial charge in [-0.25, -0.2) is 4.98 Å². The SMILES string of the molecule is COc1ccc(/C=N\Nc2nc(-c3cn(CCC#N)c4ccccc34)cs2)cc1. The van der Waals surface area contributed by atoms with Crippen LogP contribution in [0.1, 0.15) is 12.0 Å². The first kappa shape index (κ1) is 18.7. The largest absolute Gasteiger partial charge is 0.497 e. The Morgan fingerprint density at radius 1 is 1.24 bits per heavy atom. The summed E-state index contributed by atoms with van der Waals surface area (Å²) in [6.45, 7) is 0.665. The predicted molar refractivity (Wildman–Crippen MR) is 117 cm³/mol. The third-order valence-electron chi connectivity index (χ3n) is 4.52. The molecule has 4 aromatic rings. The molecule has 29 heavy (non-hydrogen) atoms. The molecule has 0 aliphatic rings. The van der Waals surface area contributed by atoms with E-state index in [-0.39, 0.29) is 0 Å². The van der Waals surface area contributed by atoms with Gasteiger partial charge in [0.1, 0.15) is 5.75 Å². The second-order valence-corrected chi connectivity index (χ2v) is 7.20. The molecule has 0 aliphatic heterocycles. The number of nitrogens with zero attached hydrogens (tertiary/aromatic N) is 4. The molecule has 2 aromatic carbocycles. The van der Waals surface area contributed by atoms with Crippen molar-refractivity contribution in [2.24, 2.45) is 5.10 Å². The van der Waals surface area contributed by atoms with Crippen LogP contribution >= 0.6 is 11.3 Å². The van der Waals surface area contributed by atoms with Crippen LogP contribution in [0, 0.1) is 11.3 Å². The number of benzene rings is 2. The lowest BCUT2D eigenvalue weighted by atomic mass is 10.1. The van der Waals surface area contributed by atoms with Crippen LogP contribution in [0.15, 0.2) is 65.2 Å². The Bertz CT molecular complexity index is 1180. The van der Waals surface area contributed by atoms with Crippen molar-refractivity contribution in [3.63, 3.8) is 0 Å². The van der Waals surface area contributed by atoms with Gasteiger partial charge >= 0.3 is 0 Å². The number of aryl methyl sites for hydroxylation is 1. The molecule has 0 fully saturated rings. The van der Waals surface area contributed by atoms with Crippen molar-refractivity contribution in [1.82, 2.24) is 9.55 Å². The van der Waals surface area contributed by atoms with Gasteiger partial charge in [-0.1, -0.05) is 18.2 Å². The van der Waals surface area contributed by atoms with Crippen LogP contribution in [0.5, 0.6) is 5.75 Å². The molecule has 0 radical (unpaired) electrons. The van der Waals surface area contributed by atoms with Crippen molar-refractivity contribution >= 4 is 33.6 Å². The normalized spacial score (nSPS) is 11.0. The zero-order valence-corrected chi connectivity index (χ0v) is 16.7. The summed E-state index contributed by atoms with van der Waals surface area (Å²) in [5, 5.41) is 17.1. The van der Waals surface area contributed by atoms with Crippen LogP contribution in [-0.4, -0.2) is 22.9 Å². The summed E-state index contributed by atoms with van der Waals surface area (Å²) >= 11 is 1.50. The van der Waals surface area contributed by atoms with Crippen molar-refractivity contribution in [1.29, 1.82) is 5.26 Å². The van der Waals surface area contributed by atoms with Crippen LogP contribution < -0.4 is 10.2 Å². The molecular weight excluding hydrogens is 382 g/mol. The van der Waals surface area contributed by atoms with Gasteiger partial charge in [0.05, 0.1) is 31.5 Å². The van der Waals surface area contributed by atoms with Gasteiger partial charge in [-0.3, -0.25) is 5.43 Å². The number of aromatic nitrogens is 2. The number of para-hydroxylation sites is 1. The first-order valence-electron chi connectivity index (χ1n) is 9.12. The third-order valence-corrected chi connectivity index (χ3v) is 5.27. The average Bonchev–Trinajstić information content (AvgIpc) is 3.37. The van der Waals surface area contributed by atoms with E-state index in [1.54, 1.807) is 13.3 Å². The fraction of sp³-hybridized carbons (Fsp3) is 0.136. The summed E-state index contributed by atoms with van der Waals surface area (Å²) in [5.41, 5.74) is 7.02. The van der Waals surface area contributed by atoms with E-state index < -0.39 is 0 Å². The van der Waals surface area contributed by atoms with Crippen molar-refractivity contribution in [2.45, 2.75) is 13.0 Å². The minimum atomic E-state index is 0.474. The van der Waals surface area contributed by atoms with Gasteiger partial charge in [-0.2, -0.15) is 10.4 Å². The van der Waals surface area contributed by atoms with E-state index in [4.69, 9.17) is 10.00 Å². The maximum Gasteiger partial charge on any atom is 0.203 e. The number of hydrogen-bond donors (Lipinski definition) is 1. The number of thiazole rings is 1. The first-order chi connectivity index (χ1) is 14.3. The topological polar surface area (TPSA) is 75.2 Å². The summed E-state index contributed by atoms with van der Waals surface area (Å²) < 4.78 is 7.27. The molecule has 6 nitrogen and oxygen atoms in total. The molecule has 0 spiro atoms. The lowest BCUT2D eigenvalue weighted by Crippen LogP contribution is -1.94. The summed E-state index contributed by atoms with van der Waals surface area (Å²) in [4.78, 5) is 4.68. The number of hydrogen-bond acceptors (Lipinski definition) is 6. The minimum Gasteiger partial charge on any atom is -0.497 e. The monoisotopic (exact) mass is 401 g/mol. The lowest BCUT2D eigenvalue weighted by Gasteiger charge is -2.00. The van der Waals surface area contributed by atoms with E-state index in [2.05, 4.69) is 44.5 Å². The van der Waals surface area contributed by atoms with Gasteiger partial charge in [0, 0.05) is 34.6 Å². The van der Waals surface area contributed by atoms with Gasteiger partial charge in [-0.05, 0) is 35.9 Å². The lowest BCUT2D eigenvalue weighted by molar-refractivity contribution is 0.415. The van der Waals surface area contributed by atoms with E-state index >= 15 is 0 Å². The molecule has 0 saturated heterocycles. The number of anilines is 1. The van der Waals surface area contributed by atoms with Crippen LogP contribution in [0.3, 0.4) is 0 Å². The zero-order chi connectivity index (χ0) is 20.1. The molecule has 0 bridgehead atoms. The fourth-order valence-corrected chi connectivity index (χ4v) is 3.77. The Kier molecular flexibility index (Phi) is 5.54. The third kappa shape index (κ3) is 4.13. The fourth-order valence-electron chi connectivity index (χ4n) is 3.11. The van der Waals surface area contributed by atoms with E-state index in [0.29, 0.717) is 13.0 Å². The molecule has 2 aromatic heterocycles. The minimum absolute atomic E-state index is 0.474. The Balaban J connectivity index is 1.53. The number of nitriles is 1. The number of nitrogens with one attached hydrogen (secondary N) is 1. The number of rotatable bonds is 7. The highest BCUT2D eigenvalue weighted by Gasteiger charge is 2.12. The van der Waals surface area contributed by atoms with E-state index in [1.165, 1.54) is 11.3 Å². The molecule has 0 saturated carbocycles. The second kappa shape index (κ2) is 8.59. The average molecular weight is 401 g/mol. The van der Waals surface area contributed by atoms with Crippen LogP contribution in [0.4, 0.5) is 5.13 Å².